The molecule has 2 radical (unpaired) electrons. The Bertz CT molecular complexity index is 3400. The van der Waals surface area contributed by atoms with Gasteiger partial charge in [-0.15, -0.1) is 0 Å². The Morgan fingerprint density at radius 2 is 1.05 bits per heavy atom. The summed E-state index contributed by atoms with van der Waals surface area (Å²) in [6, 6.07) is 6.20. The minimum atomic E-state index is -3.27. The van der Waals surface area contributed by atoms with Crippen molar-refractivity contribution >= 4 is 58.4 Å². The monoisotopic (exact) mass is 1410 g/mol. The molecule has 2 saturated heterocycles. The Morgan fingerprint density at radius 3 is 1.49 bits per heavy atom. The predicted octanol–water partition coefficient (Wildman–Crippen LogP) is 13.5. The van der Waals surface area contributed by atoms with Gasteiger partial charge in [0.25, 0.3) is 11.8 Å². The molecule has 524 valence electrons. The largest absolute Gasteiger partial charge is 0.540 e. The van der Waals surface area contributed by atoms with E-state index in [1.54, 1.807) is 50.2 Å². The topological polar surface area (TPSA) is 214 Å². The van der Waals surface area contributed by atoms with E-state index in [2.05, 4.69) is 20.6 Å². The van der Waals surface area contributed by atoms with E-state index < -0.39 is 113 Å². The van der Waals surface area contributed by atoms with E-state index in [0.29, 0.717) is 101 Å². The predicted molar refractivity (Wildman–Crippen MR) is 345 cm³/mol. The number of hydrogen-bond donors (Lipinski definition) is 2. The van der Waals surface area contributed by atoms with Crippen molar-refractivity contribution in [2.75, 3.05) is 27.3 Å². The van der Waals surface area contributed by atoms with E-state index in [1.165, 1.54) is 24.0 Å². The summed E-state index contributed by atoms with van der Waals surface area (Å²) in [6.07, 6.45) is 7.76. The number of fused-ring (bicyclic) bond motifs is 12. The Morgan fingerprint density at radius 1 is 0.604 bits per heavy atom. The second-order valence-corrected chi connectivity index (χ2v) is 29.7. The zero-order valence-electron chi connectivity index (χ0n) is 57.6. The average Bonchev–Trinajstić information content (AvgIpc) is 1.14. The smallest absolute Gasteiger partial charge is 0.408 e. The van der Waals surface area contributed by atoms with Gasteiger partial charge in [-0.3, -0.25) is 9.59 Å². The number of nitrogens with one attached hydrogen (secondary N) is 2. The molecule has 2 N–H and O–H groups in total. The average molecular weight is 1410 g/mol. The van der Waals surface area contributed by atoms with Crippen molar-refractivity contribution in [2.45, 2.75) is 232 Å². The van der Waals surface area contributed by atoms with Crippen LogP contribution < -0.4 is 29.6 Å². The third-order valence-electron chi connectivity index (χ3n) is 21.6. The quantitative estimate of drug-likeness (QED) is 0.136. The maximum absolute atomic E-state index is 16.4. The third kappa shape index (κ3) is 15.5. The number of pyridine rings is 2. The zero-order chi connectivity index (χ0) is 68.1. The van der Waals surface area contributed by atoms with Gasteiger partial charge in [-0.05, 0) is 160 Å². The first-order chi connectivity index (χ1) is 44.4. The molecule has 2 aromatic carbocycles. The van der Waals surface area contributed by atoms with Crippen molar-refractivity contribution in [1.82, 2.24) is 30.4 Å². The molecule has 14 atom stereocenters. The molecule has 2 unspecified atom stereocenters. The fraction of sp³-hybridized carbons (Fsp3) is 0.667. The van der Waals surface area contributed by atoms with Crippen LogP contribution >= 0.6 is 0 Å². The van der Waals surface area contributed by atoms with Crippen LogP contribution in [0, 0.1) is 60.2 Å². The number of rotatable bonds is 6. The molecule has 2 aromatic heterocycles. The number of hydrogen-bond acceptors (Lipinski definition) is 14. The van der Waals surface area contributed by atoms with Crippen LogP contribution in [0.5, 0.6) is 23.3 Å². The van der Waals surface area contributed by atoms with Gasteiger partial charge in [-0.25, -0.2) is 49.7 Å². The fourth-order valence-electron chi connectivity index (χ4n) is 16.2. The number of aromatic nitrogens is 2. The molecule has 4 aromatic rings. The molecule has 5 fully saturated rings. The molecule has 3 aliphatic carbocycles. The van der Waals surface area contributed by atoms with E-state index in [-0.39, 0.29) is 104 Å². The van der Waals surface area contributed by atoms with Gasteiger partial charge in [0.05, 0.1) is 49.5 Å². The van der Waals surface area contributed by atoms with E-state index in [9.17, 15) is 28.8 Å². The van der Waals surface area contributed by atoms with Crippen molar-refractivity contribution in [2.24, 2.45) is 46.3 Å². The summed E-state index contributed by atoms with van der Waals surface area (Å²) >= 11 is 0. The molecule has 18 nitrogen and oxygen atoms in total. The maximum Gasteiger partial charge on any atom is 0.408 e. The summed E-state index contributed by atoms with van der Waals surface area (Å²) in [5.41, 5.74) is -1.20. The fourth-order valence-corrected chi connectivity index (χ4v) is 16.2. The molecule has 4 amide bonds. The number of amides is 4. The normalized spacial score (nSPS) is 30.8. The van der Waals surface area contributed by atoms with Gasteiger partial charge in [0.1, 0.15) is 47.5 Å². The molecule has 4 aliphatic heterocycles. The van der Waals surface area contributed by atoms with Gasteiger partial charge >= 0.3 is 12.2 Å². The van der Waals surface area contributed by atoms with E-state index >= 15 is 17.6 Å². The van der Waals surface area contributed by atoms with Crippen molar-refractivity contribution in [1.29, 1.82) is 0 Å². The number of alkyl halides is 4. The number of carbonyl (C=O) groups is 4. The van der Waals surface area contributed by atoms with Crippen LogP contribution in [0.2, 0.25) is 0 Å². The molecule has 4 bridgehead atoms. The first-order valence-corrected chi connectivity index (χ1v) is 33.8. The Balaban J connectivity index is 0.000000241. The number of benzene rings is 2. The van der Waals surface area contributed by atoms with Crippen LogP contribution in [0.4, 0.5) is 27.2 Å². The van der Waals surface area contributed by atoms with Crippen LogP contribution in [0.1, 0.15) is 181 Å². The van der Waals surface area contributed by atoms with Crippen molar-refractivity contribution in [3.8, 4) is 23.3 Å². The van der Waals surface area contributed by atoms with Gasteiger partial charge < -0.3 is 58.4 Å². The van der Waals surface area contributed by atoms with Crippen LogP contribution in [-0.4, -0.2) is 132 Å². The molecule has 24 heteroatoms. The second-order valence-electron chi connectivity index (χ2n) is 29.7. The molecule has 0 spiro atoms. The third-order valence-corrected chi connectivity index (χ3v) is 21.6. The van der Waals surface area contributed by atoms with E-state index in [4.69, 9.17) is 28.4 Å². The maximum atomic E-state index is 16.4. The Labute approximate surface area is 585 Å². The van der Waals surface area contributed by atoms with Gasteiger partial charge in [-0.1, -0.05) is 93.2 Å². The number of nitrogens with zero attached hydrogens (tertiary/aromatic N) is 4. The summed E-state index contributed by atoms with van der Waals surface area (Å²) in [5.74, 6) is -6.95. The summed E-state index contributed by atoms with van der Waals surface area (Å²) in [4.78, 5) is 92.1. The molecule has 7 aliphatic rings. The molecule has 11 rings (SSSR count). The first kappa shape index (κ1) is 75.9. The second kappa shape index (κ2) is 29.9. The Hall–Kier alpha value is -5.83. The molecule has 6 heterocycles. The first-order valence-electron chi connectivity index (χ1n) is 33.8. The minimum Gasteiger partial charge on any atom is -0.540 e. The number of methoxy groups -OCH3 is 2. The van der Waals surface area contributed by atoms with Crippen LogP contribution in [-0.2, 0) is 77.6 Å². The summed E-state index contributed by atoms with van der Waals surface area (Å²) < 4.78 is 101. The van der Waals surface area contributed by atoms with E-state index in [1.807, 2.05) is 74.9 Å². The molecule has 96 heavy (non-hydrogen) atoms. The van der Waals surface area contributed by atoms with Gasteiger partial charge in [0, 0.05) is 72.9 Å². The van der Waals surface area contributed by atoms with Gasteiger partial charge in [0.15, 0.2) is 0 Å². The van der Waals surface area contributed by atoms with E-state index in [0.717, 1.165) is 25.7 Å². The van der Waals surface area contributed by atoms with Crippen LogP contribution in [0.25, 0.3) is 21.8 Å². The molecule has 3 saturated carbocycles. The van der Waals surface area contributed by atoms with Crippen molar-refractivity contribution < 1.29 is 112 Å². The van der Waals surface area contributed by atoms with Gasteiger partial charge in [-0.2, -0.15) is 0 Å². The van der Waals surface area contributed by atoms with Crippen molar-refractivity contribution in [3.05, 3.63) is 58.7 Å². The van der Waals surface area contributed by atoms with Gasteiger partial charge in [0.2, 0.25) is 23.6 Å². The minimum absolute atomic E-state index is 0. The number of carbonyl (C=O) groups excluding carboxylic acids is 6. The molecular weight excluding hydrogens is 1320 g/mol. The van der Waals surface area contributed by atoms with Crippen molar-refractivity contribution in [3.63, 3.8) is 0 Å². The zero-order valence-corrected chi connectivity index (χ0v) is 60.4. The Kier molecular flexibility index (Phi) is 23.7. The number of ether oxygens (including phenoxy) is 6. The van der Waals surface area contributed by atoms with Crippen LogP contribution in [0.3, 0.4) is 0 Å². The summed E-state index contributed by atoms with van der Waals surface area (Å²) in [6.45, 7) is 19.8. The molecular formula is C72H94F4N6O12V2-2. The number of alkyl carbamates (subject to hydrolysis) is 2. The standard InChI is InChI=1S/C36H46F2N3O6.C36H48F2N3O6.2V/c1-7-22-27(18-42)41-17-29(22)46-32-30(19(2)23-12-11-21(45-6)16-26(23)39-32)36(37,38)13-9-8-10-24-25-14-20(25)15-28(24)47-34(44)40-31(33(41)43)35(3,4)5;1-8-24-27(20-42)41-19-28(24)46-31-29(21(2)25-15-14-23(45-7)18-26(25)39-31)36(37,38)17-10-9-12-22-13-11-16-35(22,6)47-33(44)40-30(32(41)43)34(3,4)5;;/h11-12,16,20,22,24-25,27-29,31H,7-10,13-15,17H2,1-6H3,(H,40,44);14-15,18,22,24,27-28,30H,8-13,16-17,19H2,1-7H3,(H,40,44);;/q2*-1;;/t20?,22-,24+,25?,27+,28+,29-,31+;22-,24+,27-,28+,30-,35-;;/m01../s1. The number of halogens is 4. The van der Waals surface area contributed by atoms with Crippen LogP contribution in [0.15, 0.2) is 36.4 Å². The number of aryl methyl sites for hydroxylation is 2. The SMILES string of the molecule is CC[C@@H]1[C@@H]2CN(C(=O)[C@H](C(C)(C)C)NC(=O)O[C@@H]3CC4CC4[C@H]3CCCCC(F)(F)c3c(nc4cc(OC)ccc4c3C)O2)[C@@H]1[C-]=O.CC[C@@H]1[C@@H]2CN(C(=O)[C@H](C(C)(C)C)NC(=O)O[C@]3(C)CCC[C@H]3CCCCC(F)(F)c3c(nc4cc(OC)ccc4c3C)O2)[C@@H]1[C-]=O.[V].[V]. The summed E-state index contributed by atoms with van der Waals surface area (Å²) in [7, 11) is 3.04. The summed E-state index contributed by atoms with van der Waals surface area (Å²) in [5, 5.41) is 6.79.